The smallest absolute Gasteiger partial charge is 0.0406 e. The molecule has 3 heteroatoms. The minimum Gasteiger partial charge on any atom is -0.143 e. The van der Waals surface area contributed by atoms with E-state index in [-0.39, 0.29) is 0 Å². The van der Waals surface area contributed by atoms with Crippen molar-refractivity contribution < 1.29 is 0 Å². The lowest BCUT2D eigenvalue weighted by molar-refractivity contribution is 0.911. The van der Waals surface area contributed by atoms with Crippen molar-refractivity contribution in [1.82, 2.24) is 0 Å². The van der Waals surface area contributed by atoms with E-state index >= 15 is 0 Å². The first-order chi connectivity index (χ1) is 13.8. The second-order valence-corrected chi connectivity index (χ2v) is 10.6. The SMILES string of the molecule is Clc1ccc(/C=C/c2c3c(c(-c4cccs4)p2-c2ccccc2)CCC3)cc1. The molecule has 1 atom stereocenters. The van der Waals surface area contributed by atoms with Gasteiger partial charge in [0.1, 0.15) is 0 Å². The lowest BCUT2D eigenvalue weighted by Crippen LogP contribution is -1.78. The van der Waals surface area contributed by atoms with Crippen molar-refractivity contribution in [3.8, 4) is 15.5 Å². The minimum absolute atomic E-state index is 0.497. The molecule has 2 aromatic carbocycles. The average Bonchev–Trinajstić information content (AvgIpc) is 3.46. The number of rotatable bonds is 4. The highest BCUT2D eigenvalue weighted by Crippen LogP contribution is 2.60. The first-order valence-corrected chi connectivity index (χ1v) is 12.2. The third-order valence-electron chi connectivity index (χ3n) is 5.35. The van der Waals surface area contributed by atoms with E-state index in [0.29, 0.717) is 0 Å². The summed E-state index contributed by atoms with van der Waals surface area (Å²) in [4.78, 5) is 1.44. The summed E-state index contributed by atoms with van der Waals surface area (Å²) < 4.78 is 0. The number of benzene rings is 2. The summed E-state index contributed by atoms with van der Waals surface area (Å²) in [7, 11) is -0.497. The quantitative estimate of drug-likeness (QED) is 0.311. The first kappa shape index (κ1) is 18.0. The maximum absolute atomic E-state index is 6.06. The maximum Gasteiger partial charge on any atom is 0.0406 e. The van der Waals surface area contributed by atoms with Crippen molar-refractivity contribution in [2.45, 2.75) is 19.3 Å². The molecular formula is C25H20ClPS. The van der Waals surface area contributed by atoms with Crippen LogP contribution in [0.15, 0.2) is 72.1 Å². The summed E-state index contributed by atoms with van der Waals surface area (Å²) in [5.74, 6) is 0. The van der Waals surface area contributed by atoms with Crippen LogP contribution in [0.25, 0.3) is 27.6 Å². The highest BCUT2D eigenvalue weighted by molar-refractivity contribution is 7.62. The van der Waals surface area contributed by atoms with Gasteiger partial charge in [-0.15, -0.1) is 11.3 Å². The molecule has 0 N–H and O–H groups in total. The molecule has 1 aliphatic carbocycles. The summed E-state index contributed by atoms with van der Waals surface area (Å²) in [6.45, 7) is 0. The van der Waals surface area contributed by atoms with Crippen LogP contribution in [0, 0.1) is 0 Å². The molecule has 0 spiro atoms. The fourth-order valence-electron chi connectivity index (χ4n) is 4.12. The Kier molecular flexibility index (Phi) is 4.99. The van der Waals surface area contributed by atoms with E-state index in [4.69, 9.17) is 11.6 Å². The molecule has 2 heterocycles. The summed E-state index contributed by atoms with van der Waals surface area (Å²) in [6.07, 6.45) is 8.33. The zero-order valence-electron chi connectivity index (χ0n) is 15.4. The fraction of sp³-hybridized carbons (Fsp3) is 0.120. The summed E-state index contributed by atoms with van der Waals surface area (Å²) >= 11 is 7.93. The van der Waals surface area contributed by atoms with E-state index in [1.807, 2.05) is 23.5 Å². The van der Waals surface area contributed by atoms with Crippen molar-refractivity contribution in [2.24, 2.45) is 0 Å². The van der Waals surface area contributed by atoms with Gasteiger partial charge in [0, 0.05) is 20.5 Å². The lowest BCUT2D eigenvalue weighted by atomic mass is 10.1. The van der Waals surface area contributed by atoms with Gasteiger partial charge >= 0.3 is 0 Å². The van der Waals surface area contributed by atoms with Crippen LogP contribution in [-0.2, 0) is 12.8 Å². The van der Waals surface area contributed by atoms with Crippen LogP contribution in [0.1, 0.15) is 28.4 Å². The van der Waals surface area contributed by atoms with Gasteiger partial charge in [-0.05, 0) is 70.9 Å². The molecule has 5 rings (SSSR count). The van der Waals surface area contributed by atoms with Crippen LogP contribution in [0.4, 0.5) is 0 Å². The molecule has 0 amide bonds. The van der Waals surface area contributed by atoms with Gasteiger partial charge in [0.05, 0.1) is 0 Å². The monoisotopic (exact) mass is 418 g/mol. The minimum atomic E-state index is -0.497. The predicted octanol–water partition coefficient (Wildman–Crippen LogP) is 8.70. The second-order valence-electron chi connectivity index (χ2n) is 7.08. The highest BCUT2D eigenvalue weighted by atomic mass is 35.5. The largest absolute Gasteiger partial charge is 0.143 e. The Labute approximate surface area is 176 Å². The molecule has 138 valence electrons. The topological polar surface area (TPSA) is 0 Å². The van der Waals surface area contributed by atoms with E-state index in [1.54, 1.807) is 16.4 Å². The van der Waals surface area contributed by atoms with Crippen molar-refractivity contribution in [1.29, 1.82) is 0 Å². The molecular weight excluding hydrogens is 399 g/mol. The van der Waals surface area contributed by atoms with E-state index in [2.05, 4.69) is 72.1 Å². The molecule has 4 aromatic rings. The van der Waals surface area contributed by atoms with E-state index < -0.39 is 7.53 Å². The number of hydrogen-bond donors (Lipinski definition) is 0. The van der Waals surface area contributed by atoms with Crippen LogP contribution >= 0.6 is 30.5 Å². The van der Waals surface area contributed by atoms with Crippen LogP contribution in [0.3, 0.4) is 0 Å². The second kappa shape index (κ2) is 7.76. The molecule has 1 unspecified atom stereocenters. The van der Waals surface area contributed by atoms with Crippen molar-refractivity contribution in [2.75, 3.05) is 0 Å². The zero-order chi connectivity index (χ0) is 18.9. The van der Waals surface area contributed by atoms with Gasteiger partial charge in [-0.25, -0.2) is 0 Å². The molecule has 28 heavy (non-hydrogen) atoms. The van der Waals surface area contributed by atoms with Crippen LogP contribution in [-0.4, -0.2) is 0 Å². The highest BCUT2D eigenvalue weighted by Gasteiger charge is 2.27. The number of halogens is 1. The lowest BCUT2D eigenvalue weighted by Gasteiger charge is -2.10. The van der Waals surface area contributed by atoms with Gasteiger partial charge in [0.2, 0.25) is 0 Å². The zero-order valence-corrected chi connectivity index (χ0v) is 17.9. The Bertz CT molecular complexity index is 1120. The Morgan fingerprint density at radius 3 is 2.36 bits per heavy atom. The Balaban J connectivity index is 1.72. The van der Waals surface area contributed by atoms with Gasteiger partial charge in [0.25, 0.3) is 0 Å². The number of fused-ring (bicyclic) bond motifs is 1. The Hall–Kier alpha value is -2.05. The van der Waals surface area contributed by atoms with E-state index in [1.165, 1.54) is 40.3 Å². The van der Waals surface area contributed by atoms with E-state index in [0.717, 1.165) is 5.02 Å². The average molecular weight is 419 g/mol. The van der Waals surface area contributed by atoms with Gasteiger partial charge in [-0.3, -0.25) is 0 Å². The van der Waals surface area contributed by atoms with Crippen LogP contribution < -0.4 is 0 Å². The molecule has 0 radical (unpaired) electrons. The number of thiophene rings is 1. The van der Waals surface area contributed by atoms with Gasteiger partial charge in [-0.2, -0.15) is 0 Å². The molecule has 1 aliphatic rings. The normalized spacial score (nSPS) is 14.0. The predicted molar refractivity (Wildman–Crippen MR) is 126 cm³/mol. The molecule has 0 saturated carbocycles. The van der Waals surface area contributed by atoms with Gasteiger partial charge in [-0.1, -0.05) is 73.7 Å². The number of hydrogen-bond acceptors (Lipinski definition) is 1. The van der Waals surface area contributed by atoms with E-state index in [9.17, 15) is 0 Å². The van der Waals surface area contributed by atoms with Crippen molar-refractivity contribution >= 4 is 42.6 Å². The molecule has 0 fully saturated rings. The molecule has 2 aromatic heterocycles. The van der Waals surface area contributed by atoms with Crippen molar-refractivity contribution in [3.05, 3.63) is 99.1 Å². The van der Waals surface area contributed by atoms with Gasteiger partial charge in [0.15, 0.2) is 0 Å². The van der Waals surface area contributed by atoms with Gasteiger partial charge < -0.3 is 0 Å². The van der Waals surface area contributed by atoms with Crippen LogP contribution in [0.5, 0.6) is 0 Å². The van der Waals surface area contributed by atoms with Crippen molar-refractivity contribution in [3.63, 3.8) is 0 Å². The summed E-state index contributed by atoms with van der Waals surface area (Å²) in [6, 6.07) is 23.7. The Morgan fingerprint density at radius 1 is 0.821 bits per heavy atom. The first-order valence-electron chi connectivity index (χ1n) is 9.60. The third kappa shape index (κ3) is 3.29. The third-order valence-corrected chi connectivity index (χ3v) is 9.31. The summed E-state index contributed by atoms with van der Waals surface area (Å²) in [5, 5.41) is 7.57. The summed E-state index contributed by atoms with van der Waals surface area (Å²) in [5.41, 5.74) is 4.42. The Morgan fingerprint density at radius 2 is 1.61 bits per heavy atom. The molecule has 0 bridgehead atoms. The fourth-order valence-corrected chi connectivity index (χ4v) is 8.17. The standard InChI is InChI=1S/C25H20ClPS/c26-19-14-11-18(12-15-19)13-16-23-21-8-4-9-22(21)25(24-10-5-17-28-24)27(23)20-6-2-1-3-7-20/h1-3,5-7,10-17H,4,8-9H2/b16-13+. The molecule has 0 nitrogen and oxygen atoms in total. The van der Waals surface area contributed by atoms with Crippen LogP contribution in [0.2, 0.25) is 5.02 Å². The molecule has 0 saturated heterocycles. The maximum atomic E-state index is 6.06. The molecule has 0 aliphatic heterocycles.